The Hall–Kier alpha value is -2.64. The van der Waals surface area contributed by atoms with Gasteiger partial charge >= 0.3 is 0 Å². The van der Waals surface area contributed by atoms with E-state index in [4.69, 9.17) is 9.72 Å². The molecule has 174 valence electrons. The van der Waals surface area contributed by atoms with Crippen LogP contribution in [0.1, 0.15) is 61.7 Å². The van der Waals surface area contributed by atoms with Crippen LogP contribution in [0.4, 0.5) is 5.95 Å². The Bertz CT molecular complexity index is 878. The van der Waals surface area contributed by atoms with E-state index >= 15 is 0 Å². The summed E-state index contributed by atoms with van der Waals surface area (Å²) in [5, 5.41) is 16.1. The number of aryl methyl sites for hydroxylation is 1. The first kappa shape index (κ1) is 24.0. The molecule has 0 amide bonds. The van der Waals surface area contributed by atoms with E-state index in [1.807, 2.05) is 6.92 Å². The lowest BCUT2D eigenvalue weighted by Crippen LogP contribution is -2.21. The molecule has 0 bridgehead atoms. The lowest BCUT2D eigenvalue weighted by molar-refractivity contribution is -0.0222. The van der Waals surface area contributed by atoms with Gasteiger partial charge in [-0.1, -0.05) is 49.8 Å². The predicted molar refractivity (Wildman–Crippen MR) is 130 cm³/mol. The van der Waals surface area contributed by atoms with Crippen LogP contribution in [0.3, 0.4) is 0 Å². The molecule has 2 atom stereocenters. The third-order valence-corrected chi connectivity index (χ3v) is 5.93. The zero-order valence-corrected chi connectivity index (χ0v) is 19.4. The van der Waals surface area contributed by atoms with E-state index in [9.17, 15) is 5.11 Å². The highest BCUT2D eigenvalue weighted by Crippen LogP contribution is 2.33. The molecule has 7 nitrogen and oxygen atoms in total. The van der Waals surface area contributed by atoms with Crippen molar-refractivity contribution in [1.29, 1.82) is 0 Å². The highest BCUT2D eigenvalue weighted by atomic mass is 16.5. The molecule has 1 fully saturated rings. The van der Waals surface area contributed by atoms with E-state index in [0.717, 1.165) is 49.6 Å². The average Bonchev–Trinajstić information content (AvgIpc) is 3.41. The van der Waals surface area contributed by atoms with Crippen LogP contribution in [0.25, 0.3) is 0 Å². The van der Waals surface area contributed by atoms with Crippen molar-refractivity contribution in [3.8, 4) is 0 Å². The second-order valence-corrected chi connectivity index (χ2v) is 8.21. The number of amidine groups is 1. The summed E-state index contributed by atoms with van der Waals surface area (Å²) in [6.07, 6.45) is 8.88. The minimum absolute atomic E-state index is 0.0442. The van der Waals surface area contributed by atoms with Crippen molar-refractivity contribution in [2.24, 2.45) is 4.99 Å². The Kier molecular flexibility index (Phi) is 9.31. The number of aromatic nitrogens is 2. The third-order valence-electron chi connectivity index (χ3n) is 5.93. The van der Waals surface area contributed by atoms with E-state index in [2.05, 4.69) is 57.1 Å². The molecule has 0 saturated carbocycles. The lowest BCUT2D eigenvalue weighted by Gasteiger charge is -2.19. The summed E-state index contributed by atoms with van der Waals surface area (Å²) < 4.78 is 8.17. The number of hydrogen-bond acceptors (Lipinski definition) is 5. The Balaban J connectivity index is 1.58. The lowest BCUT2D eigenvalue weighted by atomic mass is 10.1. The smallest absolute Gasteiger partial charge is 0.205 e. The van der Waals surface area contributed by atoms with Gasteiger partial charge in [0.25, 0.3) is 0 Å². The summed E-state index contributed by atoms with van der Waals surface area (Å²) in [5.41, 5.74) is 3.18. The van der Waals surface area contributed by atoms with Gasteiger partial charge in [-0.2, -0.15) is 0 Å². The molecule has 2 aromatic rings. The van der Waals surface area contributed by atoms with E-state index in [0.29, 0.717) is 5.84 Å². The second kappa shape index (κ2) is 12.4. The molecule has 1 aromatic heterocycles. The average molecular weight is 440 g/mol. The van der Waals surface area contributed by atoms with Crippen molar-refractivity contribution < 1.29 is 9.84 Å². The zero-order chi connectivity index (χ0) is 22.8. The fourth-order valence-electron chi connectivity index (χ4n) is 4.21. The van der Waals surface area contributed by atoms with Gasteiger partial charge in [-0.05, 0) is 50.8 Å². The summed E-state index contributed by atoms with van der Waals surface area (Å²) >= 11 is 0. The van der Waals surface area contributed by atoms with Crippen LogP contribution >= 0.6 is 0 Å². The molecule has 3 N–H and O–H groups in total. The van der Waals surface area contributed by atoms with E-state index in [1.165, 1.54) is 24.8 Å². The van der Waals surface area contributed by atoms with Crippen LogP contribution in [0, 0.1) is 6.92 Å². The molecule has 0 radical (unpaired) electrons. The number of ether oxygens (including phenoxy) is 1. The summed E-state index contributed by atoms with van der Waals surface area (Å²) in [7, 11) is 1.74. The zero-order valence-electron chi connectivity index (χ0n) is 19.4. The van der Waals surface area contributed by atoms with Gasteiger partial charge in [0.05, 0.1) is 18.4 Å². The van der Waals surface area contributed by atoms with Gasteiger partial charge in [0.1, 0.15) is 11.9 Å². The van der Waals surface area contributed by atoms with Crippen LogP contribution in [0.5, 0.6) is 0 Å². The first-order valence-electron chi connectivity index (χ1n) is 11.7. The number of aliphatic imine (C=N–C) groups is 1. The number of nitrogens with one attached hydrogen (secondary N) is 2. The van der Waals surface area contributed by atoms with Crippen LogP contribution in [0.15, 0.2) is 48.1 Å². The molecule has 7 heteroatoms. The Morgan fingerprint density at radius 1 is 1.25 bits per heavy atom. The molecule has 3 rings (SSSR count). The highest BCUT2D eigenvalue weighted by molar-refractivity contribution is 5.99. The SMILES string of the molecule is C=CNC(=NC)c1nc(NCCCCCCc2ccccc2)n(C2CCC(CO)O2)c1C. The van der Waals surface area contributed by atoms with Crippen molar-refractivity contribution >= 4 is 11.8 Å². The van der Waals surface area contributed by atoms with Gasteiger partial charge in [-0.3, -0.25) is 9.56 Å². The molecule has 1 aliphatic heterocycles. The molecule has 2 unspecified atom stereocenters. The largest absolute Gasteiger partial charge is 0.394 e. The molecule has 1 aliphatic rings. The molecule has 2 heterocycles. The summed E-state index contributed by atoms with van der Waals surface area (Å²) in [5.74, 6) is 1.47. The van der Waals surface area contributed by atoms with Gasteiger partial charge in [-0.15, -0.1) is 0 Å². The number of unbranched alkanes of at least 4 members (excludes halogenated alkanes) is 3. The standard InChI is InChI=1S/C25H37N5O2/c1-4-27-24(26-3)23-19(2)30(22-16-15-21(18-31)32-22)25(29-23)28-17-11-6-5-8-12-20-13-9-7-10-14-20/h4,7,9-10,13-14,21-22,31H,1,5-6,8,11-12,15-18H2,2-3H3,(H,26,27)(H,28,29). The molecule has 0 spiro atoms. The number of hydrogen-bond donors (Lipinski definition) is 3. The van der Waals surface area contributed by atoms with Crippen molar-refractivity contribution in [3.63, 3.8) is 0 Å². The maximum Gasteiger partial charge on any atom is 0.205 e. The quantitative estimate of drug-likeness (QED) is 0.262. The van der Waals surface area contributed by atoms with Crippen LogP contribution in [-0.4, -0.2) is 46.8 Å². The predicted octanol–water partition coefficient (Wildman–Crippen LogP) is 4.19. The Morgan fingerprint density at radius 3 is 2.72 bits per heavy atom. The van der Waals surface area contributed by atoms with Gasteiger partial charge in [0.15, 0.2) is 5.84 Å². The van der Waals surface area contributed by atoms with Gasteiger partial charge < -0.3 is 20.5 Å². The Labute approximate surface area is 191 Å². The number of benzene rings is 1. The highest BCUT2D eigenvalue weighted by Gasteiger charge is 2.30. The molecular formula is C25H37N5O2. The number of nitrogens with zero attached hydrogens (tertiary/aromatic N) is 3. The van der Waals surface area contributed by atoms with E-state index < -0.39 is 0 Å². The van der Waals surface area contributed by atoms with Crippen molar-refractivity contribution in [2.45, 2.75) is 64.2 Å². The molecular weight excluding hydrogens is 402 g/mol. The van der Waals surface area contributed by atoms with Crippen LogP contribution in [-0.2, 0) is 11.2 Å². The topological polar surface area (TPSA) is 83.7 Å². The normalized spacial score (nSPS) is 18.7. The summed E-state index contributed by atoms with van der Waals surface area (Å²) in [6.45, 7) is 6.67. The fourth-order valence-corrected chi connectivity index (χ4v) is 4.21. The van der Waals surface area contributed by atoms with Gasteiger partial charge in [0.2, 0.25) is 5.95 Å². The van der Waals surface area contributed by atoms with Crippen LogP contribution in [0.2, 0.25) is 0 Å². The fraction of sp³-hybridized carbons (Fsp3) is 0.520. The van der Waals surface area contributed by atoms with Crippen molar-refractivity contribution in [1.82, 2.24) is 14.9 Å². The van der Waals surface area contributed by atoms with E-state index in [1.54, 1.807) is 13.2 Å². The number of imidazole rings is 1. The first-order valence-corrected chi connectivity index (χ1v) is 11.7. The summed E-state index contributed by atoms with van der Waals surface area (Å²) in [6, 6.07) is 10.7. The number of aliphatic hydroxyl groups excluding tert-OH is 1. The third kappa shape index (κ3) is 6.20. The second-order valence-electron chi connectivity index (χ2n) is 8.21. The van der Waals surface area contributed by atoms with E-state index in [-0.39, 0.29) is 18.9 Å². The molecule has 1 aromatic carbocycles. The summed E-state index contributed by atoms with van der Waals surface area (Å²) in [4.78, 5) is 9.16. The maximum absolute atomic E-state index is 9.48. The number of aliphatic hydroxyl groups is 1. The molecule has 32 heavy (non-hydrogen) atoms. The maximum atomic E-state index is 9.48. The van der Waals surface area contributed by atoms with Gasteiger partial charge in [0, 0.05) is 13.6 Å². The van der Waals surface area contributed by atoms with Crippen molar-refractivity contribution in [2.75, 3.05) is 25.5 Å². The number of anilines is 1. The minimum atomic E-state index is -0.136. The Morgan fingerprint density at radius 2 is 2.03 bits per heavy atom. The monoisotopic (exact) mass is 439 g/mol. The van der Waals surface area contributed by atoms with Crippen LogP contribution < -0.4 is 10.6 Å². The molecule has 0 aliphatic carbocycles. The molecule has 1 saturated heterocycles. The van der Waals surface area contributed by atoms with Crippen molar-refractivity contribution in [3.05, 3.63) is 60.1 Å². The minimum Gasteiger partial charge on any atom is -0.394 e. The first-order chi connectivity index (χ1) is 15.7. The number of rotatable bonds is 12. The van der Waals surface area contributed by atoms with Gasteiger partial charge in [-0.25, -0.2) is 4.98 Å².